The molecule has 3 unspecified atom stereocenters. The molecule has 21 heavy (non-hydrogen) atoms. The van der Waals surface area contributed by atoms with E-state index in [0.717, 1.165) is 31.1 Å². The summed E-state index contributed by atoms with van der Waals surface area (Å²) >= 11 is 0. The average molecular weight is 296 g/mol. The average Bonchev–Trinajstić information content (AvgIpc) is 2.90. The molecule has 0 amide bonds. The summed E-state index contributed by atoms with van der Waals surface area (Å²) < 4.78 is 29.1. The fraction of sp³-hybridized carbons (Fsp3) is 0.625. The van der Waals surface area contributed by atoms with Crippen LogP contribution in [0.15, 0.2) is 24.3 Å². The molecule has 1 aromatic rings. The first-order valence-electron chi connectivity index (χ1n) is 7.65. The van der Waals surface area contributed by atoms with Crippen molar-refractivity contribution in [2.75, 3.05) is 19.6 Å². The number of halogens is 2. The van der Waals surface area contributed by atoms with E-state index in [9.17, 15) is 8.78 Å². The second kappa shape index (κ2) is 6.28. The van der Waals surface area contributed by atoms with Gasteiger partial charge in [0.25, 0.3) is 0 Å². The Morgan fingerprint density at radius 1 is 1.33 bits per heavy atom. The molecule has 3 atom stereocenters. The van der Waals surface area contributed by atoms with Gasteiger partial charge in [-0.1, -0.05) is 12.1 Å². The van der Waals surface area contributed by atoms with Gasteiger partial charge in [0.15, 0.2) is 0 Å². The zero-order chi connectivity index (χ0) is 14.8. The maximum atomic E-state index is 12.3. The first kappa shape index (κ1) is 14.7. The lowest BCUT2D eigenvalue weighted by Gasteiger charge is -2.25. The first-order chi connectivity index (χ1) is 10.1. The van der Waals surface area contributed by atoms with Gasteiger partial charge in [0, 0.05) is 25.2 Å². The number of piperidine rings is 1. The smallest absolute Gasteiger partial charge is 0.387 e. The summed E-state index contributed by atoms with van der Waals surface area (Å²) in [6.07, 6.45) is 2.54. The highest BCUT2D eigenvalue weighted by Crippen LogP contribution is 2.32. The highest BCUT2D eigenvalue weighted by Gasteiger charge is 2.36. The Kier molecular flexibility index (Phi) is 4.40. The van der Waals surface area contributed by atoms with Crippen LogP contribution in [0.4, 0.5) is 8.78 Å². The highest BCUT2D eigenvalue weighted by atomic mass is 19.3. The molecule has 0 aromatic heterocycles. The number of fused-ring (bicyclic) bond motifs is 1. The molecule has 2 aliphatic heterocycles. The van der Waals surface area contributed by atoms with E-state index in [1.54, 1.807) is 18.2 Å². The minimum Gasteiger partial charge on any atom is -0.435 e. The first-order valence-corrected chi connectivity index (χ1v) is 7.65. The maximum Gasteiger partial charge on any atom is 0.387 e. The number of benzene rings is 1. The predicted molar refractivity (Wildman–Crippen MR) is 77.6 cm³/mol. The van der Waals surface area contributed by atoms with Crippen LogP contribution in [0.3, 0.4) is 0 Å². The summed E-state index contributed by atoms with van der Waals surface area (Å²) in [5.74, 6) is 0.964. The quantitative estimate of drug-likeness (QED) is 0.924. The lowest BCUT2D eigenvalue weighted by Crippen LogP contribution is -2.40. The van der Waals surface area contributed by atoms with Crippen LogP contribution < -0.4 is 10.1 Å². The largest absolute Gasteiger partial charge is 0.435 e. The van der Waals surface area contributed by atoms with Crippen LogP contribution in [0.25, 0.3) is 0 Å². The molecule has 1 aromatic carbocycles. The lowest BCUT2D eigenvalue weighted by atomic mass is 9.94. The Bertz CT molecular complexity index is 469. The van der Waals surface area contributed by atoms with Crippen molar-refractivity contribution in [2.45, 2.75) is 38.5 Å². The van der Waals surface area contributed by atoms with Gasteiger partial charge in [-0.05, 0) is 49.9 Å². The molecule has 2 aliphatic rings. The van der Waals surface area contributed by atoms with Crippen LogP contribution in [0, 0.1) is 5.92 Å². The van der Waals surface area contributed by atoms with Crippen LogP contribution in [0.1, 0.15) is 31.4 Å². The van der Waals surface area contributed by atoms with Crippen LogP contribution in [-0.2, 0) is 0 Å². The standard InChI is InChI=1S/C16H22F2N2O/c1-11(12-4-2-6-14(8-12)21-16(17)18)20-9-13-5-3-7-19-15(13)10-20/h2,4,6,8,11,13,15-16,19H,3,5,7,9-10H2,1H3. The third-order valence-corrected chi connectivity index (χ3v) is 4.74. The Labute approximate surface area is 124 Å². The fourth-order valence-corrected chi connectivity index (χ4v) is 3.56. The molecule has 0 radical (unpaired) electrons. The molecule has 0 aliphatic carbocycles. The Hall–Kier alpha value is -1.20. The van der Waals surface area contributed by atoms with Crippen LogP contribution in [-0.4, -0.2) is 37.2 Å². The van der Waals surface area contributed by atoms with Gasteiger partial charge in [0.2, 0.25) is 0 Å². The van der Waals surface area contributed by atoms with E-state index in [1.165, 1.54) is 12.8 Å². The van der Waals surface area contributed by atoms with Crippen molar-refractivity contribution in [1.29, 1.82) is 0 Å². The van der Waals surface area contributed by atoms with E-state index < -0.39 is 6.61 Å². The summed E-state index contributed by atoms with van der Waals surface area (Å²) in [4.78, 5) is 2.44. The number of hydrogen-bond acceptors (Lipinski definition) is 3. The van der Waals surface area contributed by atoms with Gasteiger partial charge < -0.3 is 10.1 Å². The van der Waals surface area contributed by atoms with Crippen LogP contribution >= 0.6 is 0 Å². The number of ether oxygens (including phenoxy) is 1. The van der Waals surface area contributed by atoms with Gasteiger partial charge in [-0.3, -0.25) is 4.90 Å². The number of likely N-dealkylation sites (tertiary alicyclic amines) is 1. The topological polar surface area (TPSA) is 24.5 Å². The highest BCUT2D eigenvalue weighted by molar-refractivity contribution is 5.30. The maximum absolute atomic E-state index is 12.3. The van der Waals surface area contributed by atoms with Gasteiger partial charge in [0.1, 0.15) is 5.75 Å². The molecule has 0 saturated carbocycles. The summed E-state index contributed by atoms with van der Waals surface area (Å²) in [5.41, 5.74) is 1.03. The normalized spacial score (nSPS) is 27.6. The fourth-order valence-electron chi connectivity index (χ4n) is 3.56. The van der Waals surface area contributed by atoms with Gasteiger partial charge in [-0.15, -0.1) is 0 Å². The molecule has 0 spiro atoms. The second-order valence-corrected chi connectivity index (χ2v) is 6.04. The monoisotopic (exact) mass is 296 g/mol. The Morgan fingerprint density at radius 2 is 2.19 bits per heavy atom. The van der Waals surface area contributed by atoms with Gasteiger partial charge in [-0.25, -0.2) is 0 Å². The zero-order valence-electron chi connectivity index (χ0n) is 12.3. The molecular weight excluding hydrogens is 274 g/mol. The lowest BCUT2D eigenvalue weighted by molar-refractivity contribution is -0.0499. The molecule has 5 heteroatoms. The SMILES string of the molecule is CC(c1cccc(OC(F)F)c1)N1CC2CCCNC2C1. The summed E-state index contributed by atoms with van der Waals surface area (Å²) in [6.45, 7) is 2.60. The van der Waals surface area contributed by atoms with Gasteiger partial charge in [-0.2, -0.15) is 8.78 Å². The molecule has 0 bridgehead atoms. The van der Waals surface area contributed by atoms with Crippen LogP contribution in [0.2, 0.25) is 0 Å². The minimum absolute atomic E-state index is 0.221. The molecule has 1 N–H and O–H groups in total. The van der Waals surface area contributed by atoms with E-state index in [0.29, 0.717) is 6.04 Å². The predicted octanol–water partition coefficient (Wildman–Crippen LogP) is 3.03. The zero-order valence-corrected chi connectivity index (χ0v) is 12.3. The summed E-state index contributed by atoms with van der Waals surface area (Å²) in [6, 6.07) is 7.88. The number of alkyl halides is 2. The van der Waals surface area contributed by atoms with Crippen molar-refractivity contribution in [1.82, 2.24) is 10.2 Å². The van der Waals surface area contributed by atoms with Crippen molar-refractivity contribution >= 4 is 0 Å². The third kappa shape index (κ3) is 3.35. The minimum atomic E-state index is -2.77. The van der Waals surface area contributed by atoms with E-state index in [1.807, 2.05) is 6.07 Å². The van der Waals surface area contributed by atoms with Crippen molar-refractivity contribution in [3.63, 3.8) is 0 Å². The molecule has 3 nitrogen and oxygen atoms in total. The number of nitrogens with one attached hydrogen (secondary N) is 1. The van der Waals surface area contributed by atoms with E-state index >= 15 is 0 Å². The van der Waals surface area contributed by atoms with Crippen LogP contribution in [0.5, 0.6) is 5.75 Å². The molecule has 3 rings (SSSR count). The molecule has 2 heterocycles. The number of rotatable bonds is 4. The van der Waals surface area contributed by atoms with E-state index in [-0.39, 0.29) is 11.8 Å². The number of nitrogens with zero attached hydrogens (tertiary/aromatic N) is 1. The van der Waals surface area contributed by atoms with Crippen molar-refractivity contribution < 1.29 is 13.5 Å². The van der Waals surface area contributed by atoms with Crippen molar-refractivity contribution in [3.8, 4) is 5.75 Å². The van der Waals surface area contributed by atoms with E-state index in [4.69, 9.17) is 0 Å². The van der Waals surface area contributed by atoms with E-state index in [2.05, 4.69) is 21.9 Å². The molecule has 116 valence electrons. The summed E-state index contributed by atoms with van der Waals surface area (Å²) in [7, 11) is 0. The second-order valence-electron chi connectivity index (χ2n) is 6.04. The van der Waals surface area contributed by atoms with Crippen molar-refractivity contribution in [2.24, 2.45) is 5.92 Å². The number of hydrogen-bond donors (Lipinski definition) is 1. The van der Waals surface area contributed by atoms with Crippen molar-refractivity contribution in [3.05, 3.63) is 29.8 Å². The van der Waals surface area contributed by atoms with Gasteiger partial charge in [0.05, 0.1) is 0 Å². The van der Waals surface area contributed by atoms with Gasteiger partial charge >= 0.3 is 6.61 Å². The Morgan fingerprint density at radius 3 is 2.95 bits per heavy atom. The molecular formula is C16H22F2N2O. The molecule has 2 fully saturated rings. The Balaban J connectivity index is 1.69. The third-order valence-electron chi connectivity index (χ3n) is 4.74. The molecule has 2 saturated heterocycles. The summed E-state index contributed by atoms with van der Waals surface area (Å²) in [5, 5.41) is 3.59.